The van der Waals surface area contributed by atoms with Gasteiger partial charge in [-0.15, -0.1) is 0 Å². The lowest BCUT2D eigenvalue weighted by Crippen LogP contribution is -2.36. The maximum atomic E-state index is 9.80. The molecule has 0 saturated heterocycles. The summed E-state index contributed by atoms with van der Waals surface area (Å²) in [4.78, 5) is 0. The molecule has 2 aromatic rings. The van der Waals surface area contributed by atoms with Crippen molar-refractivity contribution in [3.8, 4) is 11.5 Å². The minimum absolute atomic E-state index is 0.0172. The van der Waals surface area contributed by atoms with Gasteiger partial charge in [0.15, 0.2) is 0 Å². The van der Waals surface area contributed by atoms with Crippen molar-refractivity contribution in [1.29, 1.82) is 0 Å². The third-order valence-corrected chi connectivity index (χ3v) is 2.77. The van der Waals surface area contributed by atoms with Gasteiger partial charge in [0, 0.05) is 0 Å². The highest BCUT2D eigenvalue weighted by Crippen LogP contribution is 2.11. The Morgan fingerprint density at radius 3 is 1.35 bits per heavy atom. The van der Waals surface area contributed by atoms with Gasteiger partial charge >= 0.3 is 0 Å². The molecule has 0 bridgehead atoms. The number of hydrogen-bond donors (Lipinski definition) is 2. The van der Waals surface area contributed by atoms with Crippen molar-refractivity contribution in [3.05, 3.63) is 60.7 Å². The van der Waals surface area contributed by atoms with E-state index in [1.165, 1.54) is 0 Å². The minimum atomic E-state index is -1.00. The van der Waals surface area contributed by atoms with E-state index in [-0.39, 0.29) is 13.2 Å². The Balaban J connectivity index is 1.73. The number of benzene rings is 2. The molecule has 0 fully saturated rings. The molecule has 0 aliphatic carbocycles. The van der Waals surface area contributed by atoms with Crippen LogP contribution in [0.1, 0.15) is 0 Å². The van der Waals surface area contributed by atoms with Gasteiger partial charge in [-0.1, -0.05) is 36.4 Å². The summed E-state index contributed by atoms with van der Waals surface area (Å²) in [6, 6.07) is 18.3. The van der Waals surface area contributed by atoms with E-state index in [2.05, 4.69) is 0 Å². The van der Waals surface area contributed by atoms with E-state index in [0.717, 1.165) is 0 Å². The SMILES string of the molecule is O[C@H](COc1ccccc1)[C@H](O)COc1ccccc1. The number of aliphatic hydroxyl groups is 2. The highest BCUT2D eigenvalue weighted by Gasteiger charge is 2.17. The third-order valence-electron chi connectivity index (χ3n) is 2.77. The molecular formula is C16H18O4. The molecule has 4 nitrogen and oxygen atoms in total. The Kier molecular flexibility index (Phi) is 5.41. The molecule has 0 unspecified atom stereocenters. The zero-order chi connectivity index (χ0) is 14.2. The first-order valence-corrected chi connectivity index (χ1v) is 6.47. The van der Waals surface area contributed by atoms with Crippen LogP contribution in [-0.2, 0) is 0 Å². The van der Waals surface area contributed by atoms with Crippen LogP contribution in [0.2, 0.25) is 0 Å². The van der Waals surface area contributed by atoms with Gasteiger partial charge in [-0.25, -0.2) is 0 Å². The molecule has 0 aliphatic heterocycles. The second kappa shape index (κ2) is 7.53. The Hall–Kier alpha value is -2.04. The molecular weight excluding hydrogens is 256 g/mol. The van der Waals surface area contributed by atoms with E-state index in [9.17, 15) is 10.2 Å². The maximum absolute atomic E-state index is 9.80. The van der Waals surface area contributed by atoms with Crippen LogP contribution in [-0.4, -0.2) is 35.6 Å². The summed E-state index contributed by atoms with van der Waals surface area (Å²) >= 11 is 0. The molecule has 2 atom stereocenters. The van der Waals surface area contributed by atoms with E-state index >= 15 is 0 Å². The lowest BCUT2D eigenvalue weighted by Gasteiger charge is -2.18. The molecule has 0 heterocycles. The highest BCUT2D eigenvalue weighted by atomic mass is 16.5. The number of hydrogen-bond acceptors (Lipinski definition) is 4. The van der Waals surface area contributed by atoms with Gasteiger partial charge in [0.25, 0.3) is 0 Å². The van der Waals surface area contributed by atoms with E-state index in [1.54, 1.807) is 24.3 Å². The maximum Gasteiger partial charge on any atom is 0.119 e. The predicted octanol–water partition coefficient (Wildman–Crippen LogP) is 1.87. The molecule has 0 aromatic heterocycles. The molecule has 2 rings (SSSR count). The van der Waals surface area contributed by atoms with E-state index in [4.69, 9.17) is 9.47 Å². The van der Waals surface area contributed by atoms with E-state index in [1.807, 2.05) is 36.4 Å². The van der Waals surface area contributed by atoms with Crippen LogP contribution in [0, 0.1) is 0 Å². The Labute approximate surface area is 118 Å². The third kappa shape index (κ3) is 4.57. The first-order valence-electron chi connectivity index (χ1n) is 6.47. The first kappa shape index (κ1) is 14.4. The smallest absolute Gasteiger partial charge is 0.119 e. The van der Waals surface area contributed by atoms with Gasteiger partial charge in [-0.05, 0) is 24.3 Å². The first-order chi connectivity index (χ1) is 9.75. The van der Waals surface area contributed by atoms with Crippen LogP contribution in [0.3, 0.4) is 0 Å². The summed E-state index contributed by atoms with van der Waals surface area (Å²) in [5, 5.41) is 19.6. The molecule has 2 aromatic carbocycles. The number of aliphatic hydroxyl groups excluding tert-OH is 2. The molecule has 4 heteroatoms. The number of ether oxygens (including phenoxy) is 2. The number of para-hydroxylation sites is 2. The Morgan fingerprint density at radius 2 is 1.00 bits per heavy atom. The Morgan fingerprint density at radius 1 is 0.650 bits per heavy atom. The summed E-state index contributed by atoms with van der Waals surface area (Å²) < 4.78 is 10.8. The van der Waals surface area contributed by atoms with Gasteiger partial charge < -0.3 is 19.7 Å². The van der Waals surface area contributed by atoms with E-state index < -0.39 is 12.2 Å². The van der Waals surface area contributed by atoms with Gasteiger partial charge in [-0.2, -0.15) is 0 Å². The van der Waals surface area contributed by atoms with Gasteiger partial charge in [0.1, 0.15) is 36.9 Å². The van der Waals surface area contributed by atoms with E-state index in [0.29, 0.717) is 11.5 Å². The summed E-state index contributed by atoms with van der Waals surface area (Å²) in [5.41, 5.74) is 0. The molecule has 20 heavy (non-hydrogen) atoms. The fourth-order valence-electron chi connectivity index (χ4n) is 1.62. The zero-order valence-corrected chi connectivity index (χ0v) is 11.1. The van der Waals surface area contributed by atoms with Crippen molar-refractivity contribution in [1.82, 2.24) is 0 Å². The van der Waals surface area contributed by atoms with Gasteiger partial charge in [0.2, 0.25) is 0 Å². The fraction of sp³-hybridized carbons (Fsp3) is 0.250. The topological polar surface area (TPSA) is 58.9 Å². The Bertz CT molecular complexity index is 439. The monoisotopic (exact) mass is 274 g/mol. The van der Waals surface area contributed by atoms with Crippen LogP contribution in [0.4, 0.5) is 0 Å². The zero-order valence-electron chi connectivity index (χ0n) is 11.1. The number of rotatable bonds is 7. The normalized spacial score (nSPS) is 13.5. The van der Waals surface area contributed by atoms with Crippen LogP contribution in [0.15, 0.2) is 60.7 Å². The lowest BCUT2D eigenvalue weighted by molar-refractivity contribution is -0.0288. The standard InChI is InChI=1S/C16H18O4/c17-15(11-19-13-7-3-1-4-8-13)16(18)12-20-14-9-5-2-6-10-14/h1-10,15-18H,11-12H2/t15-,16-/m1/s1. The largest absolute Gasteiger partial charge is 0.491 e. The van der Waals surface area contributed by atoms with Crippen molar-refractivity contribution in [2.75, 3.05) is 13.2 Å². The second-order valence-corrected chi connectivity index (χ2v) is 4.38. The lowest BCUT2D eigenvalue weighted by atomic mass is 10.2. The molecule has 2 N–H and O–H groups in total. The molecule has 0 spiro atoms. The average Bonchev–Trinajstić information content (AvgIpc) is 2.52. The van der Waals surface area contributed by atoms with Crippen molar-refractivity contribution >= 4 is 0 Å². The summed E-state index contributed by atoms with van der Waals surface area (Å²) in [6.07, 6.45) is -2.00. The minimum Gasteiger partial charge on any atom is -0.491 e. The fourth-order valence-corrected chi connectivity index (χ4v) is 1.62. The molecule has 0 radical (unpaired) electrons. The van der Waals surface area contributed by atoms with Crippen molar-refractivity contribution in [2.24, 2.45) is 0 Å². The van der Waals surface area contributed by atoms with Crippen molar-refractivity contribution in [3.63, 3.8) is 0 Å². The summed E-state index contributed by atoms with van der Waals surface area (Å²) in [7, 11) is 0. The highest BCUT2D eigenvalue weighted by molar-refractivity contribution is 5.21. The second-order valence-electron chi connectivity index (χ2n) is 4.38. The summed E-state index contributed by atoms with van der Waals surface area (Å²) in [5.74, 6) is 1.31. The van der Waals surface area contributed by atoms with Crippen LogP contribution < -0.4 is 9.47 Å². The van der Waals surface area contributed by atoms with Gasteiger partial charge in [-0.3, -0.25) is 0 Å². The molecule has 0 aliphatic rings. The van der Waals surface area contributed by atoms with Crippen molar-refractivity contribution < 1.29 is 19.7 Å². The quantitative estimate of drug-likeness (QED) is 0.809. The molecule has 0 amide bonds. The molecule has 106 valence electrons. The van der Waals surface area contributed by atoms with Gasteiger partial charge in [0.05, 0.1) is 0 Å². The molecule has 0 saturated carbocycles. The van der Waals surface area contributed by atoms with Crippen molar-refractivity contribution in [2.45, 2.75) is 12.2 Å². The summed E-state index contributed by atoms with van der Waals surface area (Å²) in [6.45, 7) is 0.0344. The van der Waals surface area contributed by atoms with Crippen LogP contribution in [0.5, 0.6) is 11.5 Å². The van der Waals surface area contributed by atoms with Crippen LogP contribution >= 0.6 is 0 Å². The van der Waals surface area contributed by atoms with Crippen LogP contribution in [0.25, 0.3) is 0 Å². The predicted molar refractivity (Wildman–Crippen MR) is 75.9 cm³/mol. The average molecular weight is 274 g/mol.